The second kappa shape index (κ2) is 5.33. The summed E-state index contributed by atoms with van der Waals surface area (Å²) in [6.45, 7) is 1.67. The molecule has 0 bridgehead atoms. The van der Waals surface area contributed by atoms with Crippen LogP contribution in [0.4, 0.5) is 0 Å². The van der Waals surface area contributed by atoms with Crippen molar-refractivity contribution in [3.05, 3.63) is 60.4 Å². The molecule has 24 heavy (non-hydrogen) atoms. The van der Waals surface area contributed by atoms with E-state index in [1.54, 1.807) is 13.0 Å². The summed E-state index contributed by atoms with van der Waals surface area (Å²) in [4.78, 5) is 12.9. The molecule has 1 saturated heterocycles. The molecule has 2 heterocycles. The first-order valence-electron chi connectivity index (χ1n) is 7.99. The molecular weight excluding hydrogens is 308 g/mol. The van der Waals surface area contributed by atoms with Crippen molar-refractivity contribution in [1.82, 2.24) is 0 Å². The summed E-state index contributed by atoms with van der Waals surface area (Å²) in [6.07, 6.45) is 3.24. The number of fused-ring (bicyclic) bond motifs is 2. The third-order valence-electron chi connectivity index (χ3n) is 4.77. The van der Waals surface area contributed by atoms with Gasteiger partial charge in [0.1, 0.15) is 6.61 Å². The molecular formula is C19H18O5. The molecule has 0 saturated carbocycles. The Kier molecular flexibility index (Phi) is 3.37. The maximum atomic E-state index is 12.9. The molecule has 2 aromatic carbocycles. The van der Waals surface area contributed by atoms with Crippen LogP contribution in [0.2, 0.25) is 0 Å². The molecule has 0 unspecified atom stereocenters. The van der Waals surface area contributed by atoms with Crippen LogP contribution in [0.3, 0.4) is 0 Å². The Balaban J connectivity index is 1.92. The highest BCUT2D eigenvalue weighted by Crippen LogP contribution is 2.59. The Bertz CT molecular complexity index is 824. The van der Waals surface area contributed by atoms with Gasteiger partial charge in [-0.15, -0.1) is 0 Å². The molecule has 2 aliphatic rings. The average molecular weight is 326 g/mol. The van der Waals surface area contributed by atoms with Crippen LogP contribution < -0.4 is 0 Å². The highest BCUT2D eigenvalue weighted by molar-refractivity contribution is 5.94. The van der Waals surface area contributed by atoms with Gasteiger partial charge in [-0.2, -0.15) is 0 Å². The highest BCUT2D eigenvalue weighted by atomic mass is 16.8. The topological polar surface area (TPSA) is 65.0 Å². The monoisotopic (exact) mass is 326 g/mol. The number of ether oxygens (including phenoxy) is 3. The Labute approximate surface area is 139 Å². The minimum absolute atomic E-state index is 0.248. The summed E-state index contributed by atoms with van der Waals surface area (Å²) in [5.74, 6) is -2.12. The Morgan fingerprint density at radius 2 is 2.04 bits per heavy atom. The van der Waals surface area contributed by atoms with Gasteiger partial charge < -0.3 is 19.3 Å². The van der Waals surface area contributed by atoms with Gasteiger partial charge in [0.2, 0.25) is 11.4 Å². The number of hydrogen-bond acceptors (Lipinski definition) is 5. The van der Waals surface area contributed by atoms with E-state index >= 15 is 0 Å². The van der Waals surface area contributed by atoms with Crippen LogP contribution >= 0.6 is 0 Å². The van der Waals surface area contributed by atoms with Crippen molar-refractivity contribution in [3.63, 3.8) is 0 Å². The van der Waals surface area contributed by atoms with Crippen molar-refractivity contribution in [2.75, 3.05) is 13.2 Å². The molecule has 0 aromatic heterocycles. The number of aliphatic hydroxyl groups excluding tert-OH is 1. The molecule has 1 N–H and O–H groups in total. The van der Waals surface area contributed by atoms with Gasteiger partial charge in [-0.25, -0.2) is 4.79 Å². The van der Waals surface area contributed by atoms with Gasteiger partial charge in [0, 0.05) is 5.56 Å². The largest absolute Gasteiger partial charge is 0.467 e. The van der Waals surface area contributed by atoms with Crippen LogP contribution in [-0.4, -0.2) is 30.1 Å². The molecule has 2 aromatic rings. The number of benzene rings is 2. The van der Waals surface area contributed by atoms with Gasteiger partial charge in [0.15, 0.2) is 0 Å². The standard InChI is InChI=1S/C19H18O5/c1-2-22-17(21)19(16-10-11-23-18(16,12-20)24-19)15-9-5-7-13-6-3-4-8-14(13)15/h3-11,16,20H,2,12H2,1H3/t16-,18-,19-/m0/s1. The Hall–Kier alpha value is -2.37. The Morgan fingerprint density at radius 1 is 1.25 bits per heavy atom. The fourth-order valence-corrected chi connectivity index (χ4v) is 3.72. The van der Waals surface area contributed by atoms with Crippen LogP contribution in [0.15, 0.2) is 54.8 Å². The van der Waals surface area contributed by atoms with Gasteiger partial charge in [-0.1, -0.05) is 42.5 Å². The van der Waals surface area contributed by atoms with E-state index in [-0.39, 0.29) is 13.2 Å². The van der Waals surface area contributed by atoms with Crippen molar-refractivity contribution in [2.24, 2.45) is 5.92 Å². The number of carbonyl (C=O) groups excluding carboxylic acids is 1. The summed E-state index contributed by atoms with van der Waals surface area (Å²) in [7, 11) is 0. The number of rotatable bonds is 4. The minimum Gasteiger partial charge on any atom is -0.467 e. The van der Waals surface area contributed by atoms with E-state index in [1.165, 1.54) is 6.26 Å². The zero-order valence-corrected chi connectivity index (χ0v) is 13.3. The molecule has 5 heteroatoms. The lowest BCUT2D eigenvalue weighted by Gasteiger charge is -2.55. The molecule has 2 aliphatic heterocycles. The molecule has 5 nitrogen and oxygen atoms in total. The second-order valence-corrected chi connectivity index (χ2v) is 5.98. The average Bonchev–Trinajstić information content (AvgIpc) is 2.94. The van der Waals surface area contributed by atoms with Crippen molar-refractivity contribution in [3.8, 4) is 0 Å². The van der Waals surface area contributed by atoms with E-state index in [1.807, 2.05) is 42.5 Å². The van der Waals surface area contributed by atoms with Gasteiger partial charge in [0.05, 0.1) is 18.8 Å². The first-order valence-corrected chi connectivity index (χ1v) is 7.99. The van der Waals surface area contributed by atoms with E-state index in [9.17, 15) is 9.90 Å². The normalized spacial score (nSPS) is 30.5. The second-order valence-electron chi connectivity index (χ2n) is 5.98. The SMILES string of the molecule is CCOC(=O)[C@@]1(c2cccc3ccccc23)O[C@]2(CO)OC=C[C@@H]21. The van der Waals surface area contributed by atoms with E-state index in [0.717, 1.165) is 16.3 Å². The lowest BCUT2D eigenvalue weighted by atomic mass is 9.70. The maximum Gasteiger partial charge on any atom is 0.344 e. The third kappa shape index (κ3) is 1.79. The van der Waals surface area contributed by atoms with Crippen LogP contribution in [0, 0.1) is 5.92 Å². The summed E-state index contributed by atoms with van der Waals surface area (Å²) in [5, 5.41) is 11.6. The predicted octanol–water partition coefficient (Wildman–Crippen LogP) is 2.48. The number of esters is 1. The lowest BCUT2D eigenvalue weighted by molar-refractivity contribution is -0.394. The zero-order chi connectivity index (χ0) is 16.8. The molecule has 1 fully saturated rings. The first-order chi connectivity index (χ1) is 11.7. The fraction of sp³-hybridized carbons (Fsp3) is 0.316. The highest BCUT2D eigenvalue weighted by Gasteiger charge is 2.73. The minimum atomic E-state index is -1.31. The van der Waals surface area contributed by atoms with Gasteiger partial charge in [0.25, 0.3) is 0 Å². The van der Waals surface area contributed by atoms with Crippen molar-refractivity contribution in [1.29, 1.82) is 0 Å². The Morgan fingerprint density at radius 3 is 2.83 bits per heavy atom. The van der Waals surface area contributed by atoms with Crippen LogP contribution in [0.5, 0.6) is 0 Å². The van der Waals surface area contributed by atoms with Crippen molar-refractivity contribution >= 4 is 16.7 Å². The summed E-state index contributed by atoms with van der Waals surface area (Å²) in [5.41, 5.74) is -0.588. The molecule has 0 amide bonds. The quantitative estimate of drug-likeness (QED) is 0.875. The van der Waals surface area contributed by atoms with E-state index in [4.69, 9.17) is 14.2 Å². The van der Waals surface area contributed by atoms with Crippen molar-refractivity contribution < 1.29 is 24.1 Å². The predicted molar refractivity (Wildman–Crippen MR) is 86.9 cm³/mol. The molecule has 3 atom stereocenters. The number of hydrogen-bond donors (Lipinski definition) is 1. The van der Waals surface area contributed by atoms with Crippen LogP contribution in [0.25, 0.3) is 10.8 Å². The summed E-state index contributed by atoms with van der Waals surface area (Å²) in [6, 6.07) is 13.5. The van der Waals surface area contributed by atoms with Gasteiger partial charge >= 0.3 is 5.97 Å². The van der Waals surface area contributed by atoms with Crippen LogP contribution in [0.1, 0.15) is 12.5 Å². The smallest absolute Gasteiger partial charge is 0.344 e. The summed E-state index contributed by atoms with van der Waals surface area (Å²) < 4.78 is 16.7. The van der Waals surface area contributed by atoms with E-state index in [0.29, 0.717) is 0 Å². The number of carbonyl (C=O) groups is 1. The van der Waals surface area contributed by atoms with Gasteiger partial charge in [-0.05, 0) is 23.8 Å². The fourth-order valence-electron chi connectivity index (χ4n) is 3.72. The first kappa shape index (κ1) is 15.2. The lowest BCUT2D eigenvalue weighted by Crippen LogP contribution is -2.70. The molecule has 4 rings (SSSR count). The molecule has 0 spiro atoms. The molecule has 0 radical (unpaired) electrons. The van der Waals surface area contributed by atoms with E-state index < -0.39 is 23.3 Å². The zero-order valence-electron chi connectivity index (χ0n) is 13.3. The third-order valence-corrected chi connectivity index (χ3v) is 4.77. The molecule has 124 valence electrons. The molecule has 0 aliphatic carbocycles. The van der Waals surface area contributed by atoms with Crippen LogP contribution in [-0.2, 0) is 24.6 Å². The number of aliphatic hydroxyl groups is 1. The van der Waals surface area contributed by atoms with E-state index in [2.05, 4.69) is 0 Å². The maximum absolute atomic E-state index is 12.9. The van der Waals surface area contributed by atoms with Gasteiger partial charge in [-0.3, -0.25) is 0 Å². The summed E-state index contributed by atoms with van der Waals surface area (Å²) >= 11 is 0. The van der Waals surface area contributed by atoms with Crippen molar-refractivity contribution in [2.45, 2.75) is 18.3 Å².